The summed E-state index contributed by atoms with van der Waals surface area (Å²) in [5, 5.41) is 5.36. The van der Waals surface area contributed by atoms with E-state index in [0.717, 1.165) is 0 Å². The van der Waals surface area contributed by atoms with E-state index in [4.69, 9.17) is 9.47 Å². The van der Waals surface area contributed by atoms with Crippen molar-refractivity contribution in [3.05, 3.63) is 40.2 Å². The SMILES string of the molecule is CCOC(=O)C1CCN(c2nc3c(c(=O)[nH]2)[C@H](C(=O)Nc2ccccc2OC)CC(=O)N3)CC1. The summed E-state index contributed by atoms with van der Waals surface area (Å²) >= 11 is 0. The second kappa shape index (κ2) is 9.94. The minimum Gasteiger partial charge on any atom is -0.495 e. The fourth-order valence-corrected chi connectivity index (χ4v) is 4.29. The molecule has 1 fully saturated rings. The predicted molar refractivity (Wildman–Crippen MR) is 124 cm³/mol. The highest BCUT2D eigenvalue weighted by Gasteiger charge is 2.36. The molecule has 1 aromatic heterocycles. The molecule has 1 aromatic carbocycles. The highest BCUT2D eigenvalue weighted by molar-refractivity contribution is 6.05. The van der Waals surface area contributed by atoms with Crippen LogP contribution in [-0.2, 0) is 19.1 Å². The van der Waals surface area contributed by atoms with Crippen LogP contribution in [0.15, 0.2) is 29.1 Å². The van der Waals surface area contributed by atoms with Gasteiger partial charge in [-0.2, -0.15) is 4.98 Å². The molecule has 3 N–H and O–H groups in total. The Morgan fingerprint density at radius 3 is 2.65 bits per heavy atom. The maximum absolute atomic E-state index is 13.1. The minimum absolute atomic E-state index is 0.0719. The van der Waals surface area contributed by atoms with E-state index in [1.54, 1.807) is 31.2 Å². The van der Waals surface area contributed by atoms with Gasteiger partial charge in [0.2, 0.25) is 17.8 Å². The van der Waals surface area contributed by atoms with Crippen molar-refractivity contribution in [3.63, 3.8) is 0 Å². The Kier molecular flexibility index (Phi) is 6.80. The first kappa shape index (κ1) is 23.3. The topological polar surface area (TPSA) is 143 Å². The van der Waals surface area contributed by atoms with Crippen LogP contribution in [0.3, 0.4) is 0 Å². The summed E-state index contributed by atoms with van der Waals surface area (Å²) in [7, 11) is 1.49. The van der Waals surface area contributed by atoms with Crippen LogP contribution < -0.4 is 25.8 Å². The van der Waals surface area contributed by atoms with E-state index in [2.05, 4.69) is 20.6 Å². The molecule has 2 aromatic rings. The number of hydrogen-bond donors (Lipinski definition) is 3. The lowest BCUT2D eigenvalue weighted by molar-refractivity contribution is -0.148. The number of esters is 1. The molecular weight excluding hydrogens is 442 g/mol. The van der Waals surface area contributed by atoms with Gasteiger partial charge in [0, 0.05) is 19.5 Å². The number of para-hydroxylation sites is 2. The largest absolute Gasteiger partial charge is 0.495 e. The third-order valence-corrected chi connectivity index (χ3v) is 6.03. The molecule has 0 aliphatic carbocycles. The maximum atomic E-state index is 13.1. The van der Waals surface area contributed by atoms with Gasteiger partial charge in [-0.05, 0) is 31.9 Å². The number of carbonyl (C=O) groups excluding carboxylic acids is 3. The van der Waals surface area contributed by atoms with Gasteiger partial charge >= 0.3 is 5.97 Å². The Labute approximate surface area is 195 Å². The van der Waals surface area contributed by atoms with Crippen LogP contribution in [0.1, 0.15) is 37.7 Å². The van der Waals surface area contributed by atoms with E-state index in [1.807, 2.05) is 4.90 Å². The van der Waals surface area contributed by atoms with E-state index < -0.39 is 23.3 Å². The zero-order chi connectivity index (χ0) is 24.2. The normalized spacial score (nSPS) is 18.0. The summed E-state index contributed by atoms with van der Waals surface area (Å²) in [5.41, 5.74) is 0.0536. The number of anilines is 3. The van der Waals surface area contributed by atoms with Gasteiger partial charge in [-0.15, -0.1) is 0 Å². The molecular formula is C23H27N5O6. The van der Waals surface area contributed by atoms with Gasteiger partial charge in [0.1, 0.15) is 11.6 Å². The molecule has 0 radical (unpaired) electrons. The van der Waals surface area contributed by atoms with Gasteiger partial charge in [-0.25, -0.2) is 0 Å². The Hall–Kier alpha value is -3.89. The van der Waals surface area contributed by atoms with Gasteiger partial charge in [0.25, 0.3) is 5.56 Å². The summed E-state index contributed by atoms with van der Waals surface area (Å²) in [6.45, 7) is 3.10. The first-order chi connectivity index (χ1) is 16.4. The van der Waals surface area contributed by atoms with Gasteiger partial charge in [0.15, 0.2) is 0 Å². The van der Waals surface area contributed by atoms with Gasteiger partial charge < -0.3 is 25.0 Å². The smallest absolute Gasteiger partial charge is 0.309 e. The van der Waals surface area contributed by atoms with E-state index in [9.17, 15) is 19.2 Å². The fraction of sp³-hybridized carbons (Fsp3) is 0.435. The molecule has 11 nitrogen and oxygen atoms in total. The maximum Gasteiger partial charge on any atom is 0.309 e. The van der Waals surface area contributed by atoms with Crippen molar-refractivity contribution in [2.75, 3.05) is 42.3 Å². The van der Waals surface area contributed by atoms with Crippen LogP contribution >= 0.6 is 0 Å². The number of nitrogens with one attached hydrogen (secondary N) is 3. The summed E-state index contributed by atoms with van der Waals surface area (Å²) < 4.78 is 10.4. The molecule has 0 spiro atoms. The average molecular weight is 469 g/mol. The van der Waals surface area contributed by atoms with Crippen LogP contribution in [0.2, 0.25) is 0 Å². The zero-order valence-corrected chi connectivity index (χ0v) is 19.1. The summed E-state index contributed by atoms with van der Waals surface area (Å²) in [6.07, 6.45) is 0.953. The van der Waals surface area contributed by atoms with Gasteiger partial charge in [0.05, 0.1) is 36.8 Å². The first-order valence-corrected chi connectivity index (χ1v) is 11.2. The van der Waals surface area contributed by atoms with Crippen molar-refractivity contribution in [2.24, 2.45) is 5.92 Å². The van der Waals surface area contributed by atoms with Crippen molar-refractivity contribution in [2.45, 2.75) is 32.1 Å². The molecule has 0 bridgehead atoms. The molecule has 0 unspecified atom stereocenters. The predicted octanol–water partition coefficient (Wildman–Crippen LogP) is 1.62. The quantitative estimate of drug-likeness (QED) is 0.542. The van der Waals surface area contributed by atoms with Crippen LogP contribution in [0.5, 0.6) is 5.75 Å². The fourth-order valence-electron chi connectivity index (χ4n) is 4.29. The van der Waals surface area contributed by atoms with E-state index in [-0.39, 0.29) is 35.6 Å². The average Bonchev–Trinajstić information content (AvgIpc) is 2.83. The summed E-state index contributed by atoms with van der Waals surface area (Å²) in [4.78, 5) is 59.5. The number of carbonyl (C=O) groups is 3. The highest BCUT2D eigenvalue weighted by atomic mass is 16.5. The highest BCUT2D eigenvalue weighted by Crippen LogP contribution is 2.32. The zero-order valence-electron chi connectivity index (χ0n) is 19.1. The molecule has 2 aliphatic rings. The van der Waals surface area contributed by atoms with Gasteiger partial charge in [-0.1, -0.05) is 12.1 Å². The number of aromatic amines is 1. The molecule has 0 saturated carbocycles. The van der Waals surface area contributed by atoms with Crippen molar-refractivity contribution < 1.29 is 23.9 Å². The van der Waals surface area contributed by atoms with Crippen molar-refractivity contribution in [3.8, 4) is 5.75 Å². The number of hydrogen-bond acceptors (Lipinski definition) is 8. The molecule has 2 amide bonds. The second-order valence-corrected chi connectivity index (χ2v) is 8.16. The standard InChI is InChI=1S/C23H27N5O6/c1-3-34-22(32)13-8-10-28(11-9-13)23-26-19-18(21(31)27-23)14(12-17(29)25-19)20(30)24-15-6-4-5-7-16(15)33-2/h4-7,13-14H,3,8-12H2,1-2H3,(H,24,30)(H2,25,26,27,29,31)/t14-/m1/s1. The molecule has 1 saturated heterocycles. The van der Waals surface area contributed by atoms with Crippen LogP contribution in [0, 0.1) is 5.92 Å². The first-order valence-electron chi connectivity index (χ1n) is 11.2. The Balaban J connectivity index is 1.55. The number of H-pyrrole nitrogens is 1. The Morgan fingerprint density at radius 1 is 1.21 bits per heavy atom. The number of nitrogens with zero attached hydrogens (tertiary/aromatic N) is 2. The number of benzene rings is 1. The van der Waals surface area contributed by atoms with Crippen molar-refractivity contribution >= 4 is 35.2 Å². The number of rotatable bonds is 6. The Bertz CT molecular complexity index is 1150. The molecule has 11 heteroatoms. The number of aromatic nitrogens is 2. The summed E-state index contributed by atoms with van der Waals surface area (Å²) in [6, 6.07) is 6.88. The lowest BCUT2D eigenvalue weighted by Crippen LogP contribution is -2.41. The molecule has 34 heavy (non-hydrogen) atoms. The number of piperidine rings is 1. The van der Waals surface area contributed by atoms with E-state index in [0.29, 0.717) is 44.0 Å². The minimum atomic E-state index is -1.01. The van der Waals surface area contributed by atoms with Gasteiger partial charge in [-0.3, -0.25) is 24.2 Å². The third-order valence-electron chi connectivity index (χ3n) is 6.03. The second-order valence-electron chi connectivity index (χ2n) is 8.16. The van der Waals surface area contributed by atoms with E-state index in [1.165, 1.54) is 7.11 Å². The number of amides is 2. The lowest BCUT2D eigenvalue weighted by atomic mass is 9.92. The Morgan fingerprint density at radius 2 is 1.94 bits per heavy atom. The molecule has 180 valence electrons. The third kappa shape index (κ3) is 4.73. The van der Waals surface area contributed by atoms with Crippen LogP contribution in [0.25, 0.3) is 0 Å². The lowest BCUT2D eigenvalue weighted by Gasteiger charge is -2.32. The number of ether oxygens (including phenoxy) is 2. The van der Waals surface area contributed by atoms with E-state index >= 15 is 0 Å². The van der Waals surface area contributed by atoms with Crippen LogP contribution in [0.4, 0.5) is 17.5 Å². The molecule has 2 aliphatic heterocycles. The van der Waals surface area contributed by atoms with Crippen molar-refractivity contribution in [1.29, 1.82) is 0 Å². The number of fused-ring (bicyclic) bond motifs is 1. The monoisotopic (exact) mass is 469 g/mol. The molecule has 1 atom stereocenters. The van der Waals surface area contributed by atoms with Crippen molar-refractivity contribution in [1.82, 2.24) is 9.97 Å². The van der Waals surface area contributed by atoms with Crippen LogP contribution in [-0.4, -0.2) is 54.6 Å². The molecule has 3 heterocycles. The molecule has 4 rings (SSSR count). The number of methoxy groups -OCH3 is 1. The summed E-state index contributed by atoms with van der Waals surface area (Å²) in [5.74, 6) is -1.50.